The van der Waals surface area contributed by atoms with Crippen LogP contribution in [0.2, 0.25) is 0 Å². The van der Waals surface area contributed by atoms with Gasteiger partial charge in [0.05, 0.1) is 0 Å². The van der Waals surface area contributed by atoms with Gasteiger partial charge in [-0.2, -0.15) is 0 Å². The van der Waals surface area contributed by atoms with E-state index in [1.807, 2.05) is 5.33 Å². The fourth-order valence-electron chi connectivity index (χ4n) is 0.901. The van der Waals surface area contributed by atoms with Gasteiger partial charge in [0.15, 0.2) is 0 Å². The van der Waals surface area contributed by atoms with Crippen LogP contribution in [0.15, 0.2) is 0 Å². The van der Waals surface area contributed by atoms with Crippen LogP contribution < -0.4 is 0 Å². The summed E-state index contributed by atoms with van der Waals surface area (Å²) in [6.07, 6.45) is 4.82. The fraction of sp³-hybridized carbons (Fsp3) is 0.875. The van der Waals surface area contributed by atoms with Crippen LogP contribution in [0.3, 0.4) is 0 Å². The predicted molar refractivity (Wildman–Crippen MR) is 62.8 cm³/mol. The number of rotatable bonds is 6. The Kier molecular flexibility index (Phi) is 9.11. The van der Waals surface area contributed by atoms with E-state index in [0.717, 1.165) is 6.42 Å². The minimum absolute atomic E-state index is 0.609. The molecule has 0 aliphatic carbocycles. The third-order valence-electron chi connectivity index (χ3n) is 1.46. The summed E-state index contributed by atoms with van der Waals surface area (Å²) >= 11 is 10.6. The second-order valence-electron chi connectivity index (χ2n) is 2.61. The van der Waals surface area contributed by atoms with Gasteiger partial charge in [-0.15, -0.1) is 0 Å². The van der Waals surface area contributed by atoms with E-state index >= 15 is 0 Å². The zero-order chi connectivity index (χ0) is 8.69. The SMILES string of the molecule is CCCC(Br)CC(Br)C[CH]Br. The van der Waals surface area contributed by atoms with Crippen LogP contribution in [0, 0.1) is 5.33 Å². The highest BCUT2D eigenvalue weighted by Gasteiger charge is 2.09. The Morgan fingerprint density at radius 1 is 1.27 bits per heavy atom. The summed E-state index contributed by atoms with van der Waals surface area (Å²) in [5.41, 5.74) is 0. The minimum atomic E-state index is 0.609. The molecule has 0 aromatic heterocycles. The smallest absolute Gasteiger partial charge is 0.0282 e. The van der Waals surface area contributed by atoms with Crippen molar-refractivity contribution in [2.45, 2.75) is 42.3 Å². The number of hydrogen-bond donors (Lipinski definition) is 0. The number of halogens is 3. The lowest BCUT2D eigenvalue weighted by Gasteiger charge is -2.12. The van der Waals surface area contributed by atoms with Crippen molar-refractivity contribution in [3.8, 4) is 0 Å². The quantitative estimate of drug-likeness (QED) is 0.612. The van der Waals surface area contributed by atoms with Gasteiger partial charge < -0.3 is 0 Å². The second kappa shape index (κ2) is 8.06. The van der Waals surface area contributed by atoms with E-state index in [-0.39, 0.29) is 0 Å². The highest BCUT2D eigenvalue weighted by Crippen LogP contribution is 2.22. The zero-order valence-electron chi connectivity index (χ0n) is 6.69. The van der Waals surface area contributed by atoms with Gasteiger partial charge in [0.25, 0.3) is 0 Å². The van der Waals surface area contributed by atoms with Crippen LogP contribution in [0.5, 0.6) is 0 Å². The van der Waals surface area contributed by atoms with Crippen LogP contribution >= 0.6 is 47.8 Å². The van der Waals surface area contributed by atoms with Crippen LogP contribution in [-0.2, 0) is 0 Å². The second-order valence-corrected chi connectivity index (χ2v) is 5.85. The van der Waals surface area contributed by atoms with Crippen molar-refractivity contribution < 1.29 is 0 Å². The molecule has 1 radical (unpaired) electrons. The molecule has 67 valence electrons. The molecule has 0 saturated heterocycles. The first-order valence-corrected chi connectivity index (χ1v) is 6.65. The molecule has 11 heavy (non-hydrogen) atoms. The number of alkyl halides is 2. The van der Waals surface area contributed by atoms with E-state index in [4.69, 9.17) is 0 Å². The summed E-state index contributed by atoms with van der Waals surface area (Å²) in [4.78, 5) is 1.28. The zero-order valence-corrected chi connectivity index (χ0v) is 11.5. The van der Waals surface area contributed by atoms with Gasteiger partial charge in [0.1, 0.15) is 0 Å². The molecule has 0 bridgehead atoms. The van der Waals surface area contributed by atoms with Gasteiger partial charge in [0.2, 0.25) is 0 Å². The highest BCUT2D eigenvalue weighted by atomic mass is 79.9. The normalized spacial score (nSPS) is 16.4. The standard InChI is InChI=1S/C8H14Br3/c1-2-3-7(10)6-8(11)4-5-9/h5,7-8H,2-4,6H2,1H3. The molecule has 2 unspecified atom stereocenters. The van der Waals surface area contributed by atoms with E-state index in [9.17, 15) is 0 Å². The van der Waals surface area contributed by atoms with Gasteiger partial charge >= 0.3 is 0 Å². The molecule has 0 aromatic rings. The van der Waals surface area contributed by atoms with Gasteiger partial charge in [0, 0.05) is 15.0 Å². The summed E-state index contributed by atoms with van der Waals surface area (Å²) < 4.78 is 0. The average Bonchev–Trinajstić information content (AvgIpc) is 1.87. The third kappa shape index (κ3) is 7.79. The molecule has 0 amide bonds. The molecule has 0 aliphatic heterocycles. The molecule has 2 atom stereocenters. The minimum Gasteiger partial charge on any atom is -0.0890 e. The van der Waals surface area contributed by atoms with E-state index in [1.54, 1.807) is 0 Å². The van der Waals surface area contributed by atoms with Crippen molar-refractivity contribution in [1.82, 2.24) is 0 Å². The lowest BCUT2D eigenvalue weighted by atomic mass is 10.1. The first kappa shape index (κ1) is 12.4. The van der Waals surface area contributed by atoms with E-state index in [2.05, 4.69) is 54.7 Å². The largest absolute Gasteiger partial charge is 0.0890 e. The van der Waals surface area contributed by atoms with Crippen molar-refractivity contribution in [1.29, 1.82) is 0 Å². The molecule has 0 nitrogen and oxygen atoms in total. The van der Waals surface area contributed by atoms with Gasteiger partial charge in [-0.25, -0.2) is 0 Å². The molecule has 0 fully saturated rings. The molecular weight excluding hydrogens is 336 g/mol. The molecule has 3 heteroatoms. The molecule has 0 N–H and O–H groups in total. The van der Waals surface area contributed by atoms with Gasteiger partial charge in [-0.05, 0) is 19.3 Å². The lowest BCUT2D eigenvalue weighted by molar-refractivity contribution is 0.675. The maximum absolute atomic E-state index is 3.65. The maximum atomic E-state index is 3.65. The maximum Gasteiger partial charge on any atom is 0.0282 e. The van der Waals surface area contributed by atoms with E-state index in [0.29, 0.717) is 9.65 Å². The van der Waals surface area contributed by atoms with Crippen LogP contribution in [0.4, 0.5) is 0 Å². The predicted octanol–water partition coefficient (Wildman–Crippen LogP) is 4.65. The van der Waals surface area contributed by atoms with Gasteiger partial charge in [-0.3, -0.25) is 0 Å². The molecule has 0 spiro atoms. The van der Waals surface area contributed by atoms with E-state index in [1.165, 1.54) is 19.3 Å². The Bertz CT molecular complexity index is 75.4. The van der Waals surface area contributed by atoms with Crippen molar-refractivity contribution in [3.05, 3.63) is 5.33 Å². The fourth-order valence-corrected chi connectivity index (χ4v) is 3.90. The van der Waals surface area contributed by atoms with Crippen molar-refractivity contribution in [2.24, 2.45) is 0 Å². The van der Waals surface area contributed by atoms with Crippen LogP contribution in [0.1, 0.15) is 32.6 Å². The Morgan fingerprint density at radius 3 is 2.36 bits per heavy atom. The van der Waals surface area contributed by atoms with Crippen molar-refractivity contribution >= 4 is 47.8 Å². The monoisotopic (exact) mass is 347 g/mol. The van der Waals surface area contributed by atoms with Gasteiger partial charge in [-0.1, -0.05) is 61.1 Å². The Morgan fingerprint density at radius 2 is 1.91 bits per heavy atom. The van der Waals surface area contributed by atoms with E-state index < -0.39 is 0 Å². The Balaban J connectivity index is 3.32. The molecule has 0 rings (SSSR count). The topological polar surface area (TPSA) is 0 Å². The Labute approximate surface area is 94.9 Å². The molecule has 0 aromatic carbocycles. The third-order valence-corrected chi connectivity index (χ3v) is 3.41. The molecule has 0 aliphatic rings. The molecule has 0 saturated carbocycles. The summed E-state index contributed by atoms with van der Waals surface area (Å²) in [5.74, 6) is 0. The van der Waals surface area contributed by atoms with Crippen molar-refractivity contribution in [3.63, 3.8) is 0 Å². The number of hydrogen-bond acceptors (Lipinski definition) is 0. The van der Waals surface area contributed by atoms with Crippen LogP contribution in [0.25, 0.3) is 0 Å². The van der Waals surface area contributed by atoms with Crippen molar-refractivity contribution in [2.75, 3.05) is 0 Å². The average molecular weight is 350 g/mol. The summed E-state index contributed by atoms with van der Waals surface area (Å²) in [6, 6.07) is 0. The molecule has 0 heterocycles. The summed E-state index contributed by atoms with van der Waals surface area (Å²) in [7, 11) is 0. The Hall–Kier alpha value is 1.44. The molecular formula is C8H14Br3. The first-order valence-electron chi connectivity index (χ1n) is 3.90. The lowest BCUT2D eigenvalue weighted by Crippen LogP contribution is -2.06. The highest BCUT2D eigenvalue weighted by molar-refractivity contribution is 9.11. The van der Waals surface area contributed by atoms with Crippen LogP contribution in [-0.4, -0.2) is 9.65 Å². The summed E-state index contributed by atoms with van der Waals surface area (Å²) in [6.45, 7) is 2.22. The summed E-state index contributed by atoms with van der Waals surface area (Å²) in [5, 5.41) is 2.03. The first-order chi connectivity index (χ1) is 5.20.